The molecule has 0 saturated carbocycles. The molecule has 9 nitrogen and oxygen atoms in total. The van der Waals surface area contributed by atoms with Crippen LogP contribution in [0.3, 0.4) is 0 Å². The molecule has 0 fully saturated rings. The number of methoxy groups -OCH3 is 1. The molecule has 0 aliphatic heterocycles. The van der Waals surface area contributed by atoms with Gasteiger partial charge < -0.3 is 9.47 Å². The Bertz CT molecular complexity index is 1940. The number of benzene rings is 4. The van der Waals surface area contributed by atoms with E-state index in [1.807, 2.05) is 0 Å². The predicted molar refractivity (Wildman–Crippen MR) is 150 cm³/mol. The van der Waals surface area contributed by atoms with Gasteiger partial charge in [-0.05, 0) is 36.4 Å². The van der Waals surface area contributed by atoms with Gasteiger partial charge in [0.05, 0.1) is 34.7 Å². The van der Waals surface area contributed by atoms with Gasteiger partial charge >= 0.3 is 11.9 Å². The SMILES string of the molecule is COc1cc(C=Nn2c(-c3cccc(C(F)(F)F)c3)nc3ccccc3c2=O)cc([N+](=O)[O-])c1OCc1ccccc1F. The van der Waals surface area contributed by atoms with Gasteiger partial charge in [-0.25, -0.2) is 9.37 Å². The lowest BCUT2D eigenvalue weighted by Gasteiger charge is -2.13. The molecule has 0 radical (unpaired) electrons. The predicted octanol–water partition coefficient (Wildman–Crippen LogP) is 6.60. The largest absolute Gasteiger partial charge is 0.493 e. The van der Waals surface area contributed by atoms with Crippen LogP contribution in [0.4, 0.5) is 23.2 Å². The molecule has 1 heterocycles. The maximum Gasteiger partial charge on any atom is 0.416 e. The smallest absolute Gasteiger partial charge is 0.416 e. The second-order valence-electron chi connectivity index (χ2n) is 9.10. The number of hydrogen-bond donors (Lipinski definition) is 0. The third-order valence-corrected chi connectivity index (χ3v) is 6.33. The van der Waals surface area contributed by atoms with Gasteiger partial charge in [0.15, 0.2) is 11.6 Å². The summed E-state index contributed by atoms with van der Waals surface area (Å²) in [7, 11) is 1.25. The number of nitro benzene ring substituents is 1. The standard InChI is InChI=1S/C30H20F4N4O5/c1-42-26-14-18(13-25(38(40)41)27(26)43-17-20-7-2-4-11-23(20)31)16-35-37-28(19-8-6-9-21(15-19)30(32,33)34)36-24-12-5-3-10-22(24)29(37)39/h2-16H,17H2,1H3. The fourth-order valence-electron chi connectivity index (χ4n) is 4.26. The molecule has 0 aliphatic carbocycles. The summed E-state index contributed by atoms with van der Waals surface area (Å²) in [5, 5.41) is 16.3. The number of alkyl halides is 3. The Morgan fingerprint density at radius 1 is 1.02 bits per heavy atom. The summed E-state index contributed by atoms with van der Waals surface area (Å²) >= 11 is 0. The van der Waals surface area contributed by atoms with E-state index in [0.29, 0.717) is 0 Å². The second kappa shape index (κ2) is 11.7. The zero-order chi connectivity index (χ0) is 30.7. The highest BCUT2D eigenvalue weighted by Crippen LogP contribution is 2.39. The van der Waals surface area contributed by atoms with Crippen LogP contribution in [-0.4, -0.2) is 27.9 Å². The van der Waals surface area contributed by atoms with Crippen LogP contribution in [0.15, 0.2) is 94.8 Å². The average molecular weight is 593 g/mol. The van der Waals surface area contributed by atoms with E-state index < -0.39 is 33.7 Å². The monoisotopic (exact) mass is 592 g/mol. The number of nitrogens with zero attached hydrogens (tertiary/aromatic N) is 4. The number of nitro groups is 1. The quantitative estimate of drug-likeness (QED) is 0.0870. The van der Waals surface area contributed by atoms with Gasteiger partial charge in [-0.1, -0.05) is 42.5 Å². The zero-order valence-corrected chi connectivity index (χ0v) is 22.2. The number of halogens is 4. The Hall–Kier alpha value is -5.59. The molecule has 1 aromatic heterocycles. The van der Waals surface area contributed by atoms with Crippen molar-refractivity contribution in [1.82, 2.24) is 9.66 Å². The normalized spacial score (nSPS) is 11.7. The minimum absolute atomic E-state index is 0.0321. The van der Waals surface area contributed by atoms with E-state index in [4.69, 9.17) is 9.47 Å². The molecule has 0 atom stereocenters. The fourth-order valence-corrected chi connectivity index (χ4v) is 4.26. The van der Waals surface area contributed by atoms with Crippen LogP contribution in [0.2, 0.25) is 0 Å². The first-order valence-corrected chi connectivity index (χ1v) is 12.5. The van der Waals surface area contributed by atoms with E-state index in [1.54, 1.807) is 18.2 Å². The first kappa shape index (κ1) is 28.9. The van der Waals surface area contributed by atoms with Crippen molar-refractivity contribution >= 4 is 22.8 Å². The summed E-state index contributed by atoms with van der Waals surface area (Å²) in [5.74, 6) is -1.08. The van der Waals surface area contributed by atoms with Crippen LogP contribution < -0.4 is 15.0 Å². The van der Waals surface area contributed by atoms with Crippen molar-refractivity contribution in [3.8, 4) is 22.9 Å². The van der Waals surface area contributed by atoms with Crippen LogP contribution in [0.25, 0.3) is 22.3 Å². The molecule has 5 aromatic rings. The number of hydrogen-bond acceptors (Lipinski definition) is 7. The Morgan fingerprint density at radius 3 is 2.49 bits per heavy atom. The van der Waals surface area contributed by atoms with Gasteiger partial charge in [0.25, 0.3) is 5.56 Å². The van der Waals surface area contributed by atoms with Crippen molar-refractivity contribution in [2.45, 2.75) is 12.8 Å². The topological polar surface area (TPSA) is 109 Å². The third-order valence-electron chi connectivity index (χ3n) is 6.33. The molecule has 5 rings (SSSR count). The van der Waals surface area contributed by atoms with Crippen molar-refractivity contribution in [3.05, 3.63) is 128 Å². The summed E-state index contributed by atoms with van der Waals surface area (Å²) in [5.41, 5.74) is -1.70. The van der Waals surface area contributed by atoms with E-state index in [-0.39, 0.29) is 51.5 Å². The summed E-state index contributed by atoms with van der Waals surface area (Å²) in [6.45, 7) is -0.324. The molecular weight excluding hydrogens is 572 g/mol. The number of fused-ring (bicyclic) bond motifs is 1. The van der Waals surface area contributed by atoms with E-state index in [0.717, 1.165) is 29.1 Å². The van der Waals surface area contributed by atoms with E-state index in [2.05, 4.69) is 10.1 Å². The molecule has 218 valence electrons. The molecule has 43 heavy (non-hydrogen) atoms. The third kappa shape index (κ3) is 6.05. The molecule has 0 N–H and O–H groups in total. The lowest BCUT2D eigenvalue weighted by Crippen LogP contribution is -2.20. The maximum atomic E-state index is 14.1. The van der Waals surface area contributed by atoms with Crippen LogP contribution >= 0.6 is 0 Å². The van der Waals surface area contributed by atoms with E-state index in [1.165, 1.54) is 55.6 Å². The Balaban J connectivity index is 1.60. The lowest BCUT2D eigenvalue weighted by atomic mass is 10.1. The molecule has 13 heteroatoms. The number of aromatic nitrogens is 2. The van der Waals surface area contributed by atoms with Gasteiger partial charge in [0, 0.05) is 22.8 Å². The highest BCUT2D eigenvalue weighted by Gasteiger charge is 2.31. The second-order valence-corrected chi connectivity index (χ2v) is 9.10. The molecule has 0 spiro atoms. The minimum Gasteiger partial charge on any atom is -0.493 e. The minimum atomic E-state index is -4.65. The Morgan fingerprint density at radius 2 is 1.77 bits per heavy atom. The van der Waals surface area contributed by atoms with Crippen LogP contribution in [0.5, 0.6) is 11.5 Å². The summed E-state index contributed by atoms with van der Waals surface area (Å²) in [6, 6.07) is 18.7. The highest BCUT2D eigenvalue weighted by atomic mass is 19.4. The highest BCUT2D eigenvalue weighted by molar-refractivity contribution is 5.84. The van der Waals surface area contributed by atoms with Gasteiger partial charge in [0.1, 0.15) is 12.4 Å². The van der Waals surface area contributed by atoms with Crippen molar-refractivity contribution in [3.63, 3.8) is 0 Å². The summed E-state index contributed by atoms with van der Waals surface area (Å²) in [4.78, 5) is 29.0. The molecule has 4 aromatic carbocycles. The van der Waals surface area contributed by atoms with Crippen molar-refractivity contribution in [1.29, 1.82) is 0 Å². The van der Waals surface area contributed by atoms with Gasteiger partial charge in [-0.3, -0.25) is 14.9 Å². The summed E-state index contributed by atoms with van der Waals surface area (Å²) < 4.78 is 66.1. The van der Waals surface area contributed by atoms with Crippen molar-refractivity contribution in [2.75, 3.05) is 7.11 Å². The number of ether oxygens (including phenoxy) is 2. The molecule has 0 bridgehead atoms. The van der Waals surface area contributed by atoms with Crippen LogP contribution in [-0.2, 0) is 12.8 Å². The molecule has 0 amide bonds. The van der Waals surface area contributed by atoms with E-state index >= 15 is 0 Å². The summed E-state index contributed by atoms with van der Waals surface area (Å²) in [6.07, 6.45) is -3.54. The lowest BCUT2D eigenvalue weighted by molar-refractivity contribution is -0.386. The Kier molecular flexibility index (Phi) is 7.88. The first-order valence-electron chi connectivity index (χ1n) is 12.5. The molecular formula is C30H20F4N4O5. The van der Waals surface area contributed by atoms with Crippen molar-refractivity contribution < 1.29 is 32.0 Å². The van der Waals surface area contributed by atoms with Crippen molar-refractivity contribution in [2.24, 2.45) is 5.10 Å². The number of para-hydroxylation sites is 1. The fraction of sp³-hybridized carbons (Fsp3) is 0.100. The van der Waals surface area contributed by atoms with Gasteiger partial charge in [0.2, 0.25) is 5.75 Å². The molecule has 0 unspecified atom stereocenters. The average Bonchev–Trinajstić information content (AvgIpc) is 2.99. The van der Waals surface area contributed by atoms with Crippen LogP contribution in [0, 0.1) is 15.9 Å². The number of rotatable bonds is 8. The van der Waals surface area contributed by atoms with Crippen LogP contribution in [0.1, 0.15) is 16.7 Å². The van der Waals surface area contributed by atoms with E-state index in [9.17, 15) is 32.5 Å². The first-order chi connectivity index (χ1) is 20.6. The maximum absolute atomic E-state index is 14.1. The molecule has 0 aliphatic rings. The molecule has 0 saturated heterocycles. The van der Waals surface area contributed by atoms with Gasteiger partial charge in [-0.15, -0.1) is 0 Å². The van der Waals surface area contributed by atoms with Gasteiger partial charge in [-0.2, -0.15) is 22.9 Å². The Labute approximate surface area is 240 Å². The zero-order valence-electron chi connectivity index (χ0n) is 22.2.